The molecule has 3 aliphatic rings. The molecule has 5 heteroatoms. The van der Waals surface area contributed by atoms with Gasteiger partial charge in [-0.2, -0.15) is 0 Å². The van der Waals surface area contributed by atoms with Gasteiger partial charge >= 0.3 is 5.97 Å². The highest BCUT2D eigenvalue weighted by atomic mass is 16.5. The molecular formula is C21H17NO4. The van der Waals surface area contributed by atoms with Gasteiger partial charge in [0.1, 0.15) is 23.3 Å². The van der Waals surface area contributed by atoms with Crippen molar-refractivity contribution in [2.75, 3.05) is 13.2 Å². The van der Waals surface area contributed by atoms with Crippen LogP contribution in [-0.2, 0) is 16.0 Å². The second kappa shape index (κ2) is 5.73. The third-order valence-corrected chi connectivity index (χ3v) is 4.87. The maximum absolute atomic E-state index is 12.5. The van der Waals surface area contributed by atoms with Crippen LogP contribution in [0.1, 0.15) is 29.7 Å². The Balaban J connectivity index is 1.66. The fraction of sp³-hybridized carbons (Fsp3) is 0.238. The van der Waals surface area contributed by atoms with E-state index < -0.39 is 5.97 Å². The molecule has 0 radical (unpaired) electrons. The molecule has 0 fully saturated rings. The van der Waals surface area contributed by atoms with Gasteiger partial charge in [0.15, 0.2) is 5.71 Å². The summed E-state index contributed by atoms with van der Waals surface area (Å²) in [5.74, 6) is 1.98. The summed E-state index contributed by atoms with van der Waals surface area (Å²) in [6, 6.07) is 13.5. The maximum Gasteiger partial charge on any atom is 0.357 e. The number of benzene rings is 2. The van der Waals surface area contributed by atoms with Crippen molar-refractivity contribution in [3.05, 3.63) is 64.9 Å². The summed E-state index contributed by atoms with van der Waals surface area (Å²) in [4.78, 5) is 17.2. The molecule has 5 rings (SSSR count). The Hall–Kier alpha value is -3.08. The Labute approximate surface area is 150 Å². The van der Waals surface area contributed by atoms with Crippen LogP contribution in [0.5, 0.6) is 11.5 Å². The van der Waals surface area contributed by atoms with Crippen LogP contribution >= 0.6 is 0 Å². The molecule has 2 aromatic rings. The molecule has 0 saturated carbocycles. The van der Waals surface area contributed by atoms with Crippen molar-refractivity contribution in [3.63, 3.8) is 0 Å². The molecule has 5 nitrogen and oxygen atoms in total. The van der Waals surface area contributed by atoms with Crippen molar-refractivity contribution in [2.24, 2.45) is 4.99 Å². The van der Waals surface area contributed by atoms with E-state index in [1.54, 1.807) is 6.92 Å². The van der Waals surface area contributed by atoms with Gasteiger partial charge in [0, 0.05) is 12.0 Å². The molecule has 0 N–H and O–H groups in total. The third-order valence-electron chi connectivity index (χ3n) is 4.87. The van der Waals surface area contributed by atoms with Gasteiger partial charge in [-0.05, 0) is 36.2 Å². The molecule has 3 aliphatic heterocycles. The summed E-state index contributed by atoms with van der Waals surface area (Å²) in [6.45, 7) is 2.79. The van der Waals surface area contributed by atoms with E-state index >= 15 is 0 Å². The number of aliphatic imine (C=N–C) groups is 1. The SMILES string of the molecule is CCOC(=O)C1=NC2C(=C1c1ccc3c(c1)CCO3)Oc1ccccc12. The van der Waals surface area contributed by atoms with Crippen molar-refractivity contribution < 1.29 is 19.0 Å². The number of esters is 1. The molecule has 26 heavy (non-hydrogen) atoms. The molecule has 0 saturated heterocycles. The van der Waals surface area contributed by atoms with E-state index in [-0.39, 0.29) is 6.04 Å². The minimum absolute atomic E-state index is 0.287. The normalized spacial score (nSPS) is 19.3. The van der Waals surface area contributed by atoms with Crippen LogP contribution in [0.25, 0.3) is 5.57 Å². The van der Waals surface area contributed by atoms with E-state index in [0.29, 0.717) is 24.7 Å². The number of hydrogen-bond donors (Lipinski definition) is 0. The topological polar surface area (TPSA) is 57.1 Å². The second-order valence-corrected chi connectivity index (χ2v) is 6.40. The largest absolute Gasteiger partial charge is 0.493 e. The molecule has 0 bridgehead atoms. The van der Waals surface area contributed by atoms with Gasteiger partial charge in [-0.25, -0.2) is 4.79 Å². The average molecular weight is 347 g/mol. The van der Waals surface area contributed by atoms with Gasteiger partial charge in [-0.15, -0.1) is 0 Å². The highest BCUT2D eigenvalue weighted by Gasteiger charge is 2.41. The van der Waals surface area contributed by atoms with Crippen LogP contribution in [0.3, 0.4) is 0 Å². The zero-order valence-corrected chi connectivity index (χ0v) is 14.3. The lowest BCUT2D eigenvalue weighted by Gasteiger charge is -2.10. The fourth-order valence-electron chi connectivity index (χ4n) is 3.72. The van der Waals surface area contributed by atoms with E-state index in [4.69, 9.17) is 14.2 Å². The van der Waals surface area contributed by atoms with Crippen LogP contribution in [0.2, 0.25) is 0 Å². The number of hydrogen-bond acceptors (Lipinski definition) is 5. The predicted octanol–water partition coefficient (Wildman–Crippen LogP) is 3.48. The quantitative estimate of drug-likeness (QED) is 0.798. The molecule has 0 aliphatic carbocycles. The van der Waals surface area contributed by atoms with Crippen LogP contribution in [0, 0.1) is 0 Å². The lowest BCUT2D eigenvalue weighted by molar-refractivity contribution is -0.134. The Morgan fingerprint density at radius 2 is 2.12 bits per heavy atom. The van der Waals surface area contributed by atoms with E-state index in [9.17, 15) is 4.79 Å². The minimum Gasteiger partial charge on any atom is -0.493 e. The summed E-state index contributed by atoms with van der Waals surface area (Å²) < 4.78 is 16.9. The van der Waals surface area contributed by atoms with Crippen LogP contribution < -0.4 is 9.47 Å². The van der Waals surface area contributed by atoms with E-state index in [2.05, 4.69) is 11.1 Å². The first-order valence-corrected chi connectivity index (χ1v) is 8.78. The van der Waals surface area contributed by atoms with Crippen LogP contribution in [0.4, 0.5) is 0 Å². The molecule has 1 unspecified atom stereocenters. The number of ether oxygens (including phenoxy) is 3. The van der Waals surface area contributed by atoms with Gasteiger partial charge in [0.05, 0.1) is 18.8 Å². The fourth-order valence-corrected chi connectivity index (χ4v) is 3.72. The number of rotatable bonds is 3. The maximum atomic E-state index is 12.5. The van der Waals surface area contributed by atoms with Gasteiger partial charge in [-0.1, -0.05) is 24.3 Å². The number of fused-ring (bicyclic) bond motifs is 4. The number of nitrogens with zero attached hydrogens (tertiary/aromatic N) is 1. The first-order chi connectivity index (χ1) is 12.8. The molecule has 0 amide bonds. The summed E-state index contributed by atoms with van der Waals surface area (Å²) in [5, 5.41) is 0. The van der Waals surface area contributed by atoms with Crippen molar-refractivity contribution in [2.45, 2.75) is 19.4 Å². The van der Waals surface area contributed by atoms with Crippen molar-refractivity contribution in [1.82, 2.24) is 0 Å². The van der Waals surface area contributed by atoms with Gasteiger partial charge in [-0.3, -0.25) is 4.99 Å². The third kappa shape index (κ3) is 2.17. The van der Waals surface area contributed by atoms with Crippen LogP contribution in [-0.4, -0.2) is 24.9 Å². The molecular weight excluding hydrogens is 330 g/mol. The summed E-state index contributed by atoms with van der Waals surface area (Å²) >= 11 is 0. The Kier molecular flexibility index (Phi) is 3.35. The van der Waals surface area contributed by atoms with Gasteiger partial charge in [0.2, 0.25) is 0 Å². The predicted molar refractivity (Wildman–Crippen MR) is 96.4 cm³/mol. The number of para-hydroxylation sites is 1. The smallest absolute Gasteiger partial charge is 0.357 e. The standard InChI is InChI=1S/C21H17NO4/c1-2-24-21(23)19-17(13-7-8-15-12(11-13)9-10-25-15)20-18(22-19)14-5-3-4-6-16(14)26-20/h3-8,11,18H,2,9-10H2,1H3. The summed E-state index contributed by atoms with van der Waals surface area (Å²) in [6.07, 6.45) is 0.863. The second-order valence-electron chi connectivity index (χ2n) is 6.40. The van der Waals surface area contributed by atoms with Gasteiger partial charge < -0.3 is 14.2 Å². The Bertz CT molecular complexity index is 989. The molecule has 2 aromatic carbocycles. The highest BCUT2D eigenvalue weighted by molar-refractivity contribution is 6.55. The zero-order chi connectivity index (χ0) is 17.7. The van der Waals surface area contributed by atoms with Crippen molar-refractivity contribution in [1.29, 1.82) is 0 Å². The minimum atomic E-state index is -0.415. The van der Waals surface area contributed by atoms with Crippen LogP contribution in [0.15, 0.2) is 53.2 Å². The van der Waals surface area contributed by atoms with Gasteiger partial charge in [0.25, 0.3) is 0 Å². The van der Waals surface area contributed by atoms with E-state index in [1.807, 2.05) is 36.4 Å². The first-order valence-electron chi connectivity index (χ1n) is 8.78. The molecule has 1 atom stereocenters. The summed E-state index contributed by atoms with van der Waals surface area (Å²) in [7, 11) is 0. The lowest BCUT2D eigenvalue weighted by atomic mass is 9.97. The monoisotopic (exact) mass is 347 g/mol. The van der Waals surface area contributed by atoms with E-state index in [0.717, 1.165) is 40.2 Å². The van der Waals surface area contributed by atoms with Crippen molar-refractivity contribution >= 4 is 17.3 Å². The molecule has 3 heterocycles. The molecule has 0 aromatic heterocycles. The molecule has 130 valence electrons. The highest BCUT2D eigenvalue weighted by Crippen LogP contribution is 2.49. The first kappa shape index (κ1) is 15.2. The zero-order valence-electron chi connectivity index (χ0n) is 14.3. The average Bonchev–Trinajstić information content (AvgIpc) is 3.34. The van der Waals surface area contributed by atoms with E-state index in [1.165, 1.54) is 0 Å². The number of carbonyl (C=O) groups is 1. The summed E-state index contributed by atoms with van der Waals surface area (Å²) in [5.41, 5.74) is 4.08. The lowest BCUT2D eigenvalue weighted by Crippen LogP contribution is -2.18. The molecule has 0 spiro atoms. The number of carbonyl (C=O) groups excluding carboxylic acids is 1. The Morgan fingerprint density at radius 3 is 3.00 bits per heavy atom. The van der Waals surface area contributed by atoms with Crippen molar-refractivity contribution in [3.8, 4) is 11.5 Å². The Morgan fingerprint density at radius 1 is 1.23 bits per heavy atom.